The zero-order valence-electron chi connectivity index (χ0n) is 12.8. The monoisotopic (exact) mass is 347 g/mol. The maximum Gasteiger partial charge on any atom is 0.224 e. The number of pyridine rings is 1. The summed E-state index contributed by atoms with van der Waals surface area (Å²) in [6.07, 6.45) is 3.90. The molecule has 0 unspecified atom stereocenters. The summed E-state index contributed by atoms with van der Waals surface area (Å²) in [5, 5.41) is 4.75. The number of aromatic nitrogens is 2. The van der Waals surface area contributed by atoms with E-state index < -0.39 is 0 Å². The Bertz CT molecular complexity index is 698. The van der Waals surface area contributed by atoms with Gasteiger partial charge in [0.05, 0.1) is 12.1 Å². The summed E-state index contributed by atoms with van der Waals surface area (Å²) in [5.41, 5.74) is 3.22. The minimum Gasteiger partial charge on any atom is -0.356 e. The molecule has 6 heteroatoms. The first kappa shape index (κ1) is 19.6. The highest BCUT2D eigenvalue weighted by Gasteiger charge is 2.01. The molecule has 0 aliphatic rings. The molecule has 0 aliphatic carbocycles. The average Bonchev–Trinajstić information content (AvgIpc) is 2.50. The van der Waals surface area contributed by atoms with Gasteiger partial charge in [-0.15, -0.1) is 0 Å². The molecule has 0 saturated carbocycles. The Morgan fingerprint density at radius 3 is 2.33 bits per heavy atom. The van der Waals surface area contributed by atoms with Crippen LogP contribution in [0.1, 0.15) is 19.9 Å². The predicted molar refractivity (Wildman–Crippen MR) is 97.4 cm³/mol. The fraction of sp³-hybridized carbons (Fsp3) is 0.222. The number of halogens is 1. The lowest BCUT2D eigenvalue weighted by Crippen LogP contribution is -2.24. The number of benzene rings is 1. The molecule has 1 amide bonds. The standard InChI is InChI=1S/C10H12FNO.C7H6N2S.CH4/c1-2-12-10(13)7-8-3-5-9(11)6-4-8;1-3-8-4-2-6(1)7-5-10-9-7;/h3-6H,2,7H2,1H3,(H,12,13);1-5,9H;1H4. The molecule has 2 aromatic heterocycles. The summed E-state index contributed by atoms with van der Waals surface area (Å²) in [6.45, 7) is 2.49. The van der Waals surface area contributed by atoms with Gasteiger partial charge in [-0.1, -0.05) is 31.1 Å². The third kappa shape index (κ3) is 6.34. The largest absolute Gasteiger partial charge is 0.356 e. The summed E-state index contributed by atoms with van der Waals surface area (Å²) in [7, 11) is 0. The Morgan fingerprint density at radius 1 is 1.21 bits per heavy atom. The molecule has 0 spiro atoms. The molecule has 0 fully saturated rings. The fourth-order valence-electron chi connectivity index (χ4n) is 1.82. The zero-order chi connectivity index (χ0) is 16.5. The van der Waals surface area contributed by atoms with Gasteiger partial charge >= 0.3 is 0 Å². The van der Waals surface area contributed by atoms with Crippen LogP contribution in [0.2, 0.25) is 0 Å². The Labute approximate surface area is 145 Å². The molecule has 3 aromatic rings. The van der Waals surface area contributed by atoms with Gasteiger partial charge in [0.15, 0.2) is 0 Å². The minimum absolute atomic E-state index is 0. The van der Waals surface area contributed by atoms with Crippen LogP contribution in [0, 0.1) is 5.82 Å². The van der Waals surface area contributed by atoms with E-state index in [0.29, 0.717) is 13.0 Å². The minimum atomic E-state index is -0.278. The number of carbonyl (C=O) groups is 1. The Balaban J connectivity index is 0.000000236. The van der Waals surface area contributed by atoms with Crippen LogP contribution in [0.15, 0.2) is 54.2 Å². The number of rotatable bonds is 4. The van der Waals surface area contributed by atoms with Crippen LogP contribution in [-0.4, -0.2) is 21.8 Å². The van der Waals surface area contributed by atoms with Crippen LogP contribution in [0.3, 0.4) is 0 Å². The molecule has 2 heterocycles. The number of nitrogens with one attached hydrogen (secondary N) is 2. The van der Waals surface area contributed by atoms with Crippen molar-refractivity contribution in [2.24, 2.45) is 0 Å². The summed E-state index contributed by atoms with van der Waals surface area (Å²) >= 11 is 1.61. The first-order valence-electron chi connectivity index (χ1n) is 7.22. The van der Waals surface area contributed by atoms with Gasteiger partial charge in [0.2, 0.25) is 5.91 Å². The molecular weight excluding hydrogens is 325 g/mol. The van der Waals surface area contributed by atoms with E-state index in [1.807, 2.05) is 19.1 Å². The second-order valence-corrected chi connectivity index (χ2v) is 5.42. The number of likely N-dealkylation sites (N-methyl/N-ethyl adjacent to an activating group) is 1. The Morgan fingerprint density at radius 2 is 1.83 bits per heavy atom. The summed E-state index contributed by atoms with van der Waals surface area (Å²) in [4.78, 5) is 15.0. The molecule has 2 N–H and O–H groups in total. The van der Waals surface area contributed by atoms with Crippen molar-refractivity contribution >= 4 is 17.4 Å². The van der Waals surface area contributed by atoms with E-state index in [4.69, 9.17) is 0 Å². The molecular formula is C18H22FN3OS. The molecule has 24 heavy (non-hydrogen) atoms. The number of H-pyrrole nitrogens is 1. The molecule has 0 aliphatic heterocycles. The summed E-state index contributed by atoms with van der Waals surface area (Å²) < 4.78 is 15.6. The number of amides is 1. The van der Waals surface area contributed by atoms with Gasteiger partial charge in [0.25, 0.3) is 0 Å². The van der Waals surface area contributed by atoms with Gasteiger partial charge in [-0.2, -0.15) is 0 Å². The number of hydrogen-bond acceptors (Lipinski definition) is 3. The van der Waals surface area contributed by atoms with Crippen LogP contribution in [0.25, 0.3) is 11.3 Å². The lowest BCUT2D eigenvalue weighted by Gasteiger charge is -2.01. The fourth-order valence-corrected chi connectivity index (χ4v) is 2.31. The quantitative estimate of drug-likeness (QED) is 0.740. The van der Waals surface area contributed by atoms with Gasteiger partial charge in [-0.3, -0.25) is 9.78 Å². The lowest BCUT2D eigenvalue weighted by atomic mass is 10.1. The van der Waals surface area contributed by atoms with Crippen LogP contribution in [0.4, 0.5) is 4.39 Å². The van der Waals surface area contributed by atoms with Crippen LogP contribution >= 0.6 is 11.5 Å². The molecule has 3 rings (SSSR count). The van der Waals surface area contributed by atoms with E-state index >= 15 is 0 Å². The second kappa shape index (κ2) is 10.3. The van der Waals surface area contributed by atoms with Crippen molar-refractivity contribution in [3.8, 4) is 11.3 Å². The molecule has 0 radical (unpaired) electrons. The topological polar surface area (TPSA) is 57.8 Å². The van der Waals surface area contributed by atoms with E-state index in [9.17, 15) is 9.18 Å². The Hall–Kier alpha value is -2.47. The van der Waals surface area contributed by atoms with E-state index in [-0.39, 0.29) is 19.2 Å². The van der Waals surface area contributed by atoms with Crippen molar-refractivity contribution in [1.82, 2.24) is 14.7 Å². The van der Waals surface area contributed by atoms with Crippen LogP contribution in [0.5, 0.6) is 0 Å². The third-order valence-corrected chi connectivity index (χ3v) is 3.68. The first-order chi connectivity index (χ1) is 11.2. The highest BCUT2D eigenvalue weighted by molar-refractivity contribution is 7.05. The highest BCUT2D eigenvalue weighted by Crippen LogP contribution is 2.19. The molecule has 128 valence electrons. The van der Waals surface area contributed by atoms with Crippen LogP contribution in [-0.2, 0) is 11.2 Å². The van der Waals surface area contributed by atoms with E-state index in [0.717, 1.165) is 5.56 Å². The average molecular weight is 347 g/mol. The lowest BCUT2D eigenvalue weighted by molar-refractivity contribution is -0.120. The van der Waals surface area contributed by atoms with Crippen LogP contribution < -0.4 is 5.32 Å². The molecule has 1 aromatic carbocycles. The zero-order valence-corrected chi connectivity index (χ0v) is 13.6. The maximum absolute atomic E-state index is 12.5. The van der Waals surface area contributed by atoms with Crippen molar-refractivity contribution in [3.63, 3.8) is 0 Å². The number of nitrogens with zero attached hydrogens (tertiary/aromatic N) is 1. The predicted octanol–water partition coefficient (Wildman–Crippen LogP) is 4.28. The van der Waals surface area contributed by atoms with Crippen molar-refractivity contribution in [2.75, 3.05) is 6.54 Å². The molecule has 4 nitrogen and oxygen atoms in total. The van der Waals surface area contributed by atoms with Gasteiger partial charge < -0.3 is 9.69 Å². The molecule has 0 saturated heterocycles. The van der Waals surface area contributed by atoms with E-state index in [2.05, 4.69) is 20.1 Å². The van der Waals surface area contributed by atoms with Gasteiger partial charge in [0.1, 0.15) is 5.82 Å². The van der Waals surface area contributed by atoms with Crippen molar-refractivity contribution in [2.45, 2.75) is 20.8 Å². The highest BCUT2D eigenvalue weighted by atomic mass is 32.1. The number of hydrogen-bond donors (Lipinski definition) is 2. The first-order valence-corrected chi connectivity index (χ1v) is 8.10. The van der Waals surface area contributed by atoms with E-state index in [1.54, 1.807) is 36.1 Å². The normalized spacial score (nSPS) is 9.42. The number of carbonyl (C=O) groups excluding carboxylic acids is 1. The maximum atomic E-state index is 12.5. The third-order valence-electron chi connectivity index (χ3n) is 2.99. The van der Waals surface area contributed by atoms with E-state index in [1.165, 1.54) is 23.4 Å². The van der Waals surface area contributed by atoms with Crippen molar-refractivity contribution in [1.29, 1.82) is 0 Å². The van der Waals surface area contributed by atoms with Crippen molar-refractivity contribution in [3.05, 3.63) is 65.6 Å². The van der Waals surface area contributed by atoms with Gasteiger partial charge in [0, 0.05) is 29.9 Å². The molecule has 0 bridgehead atoms. The summed E-state index contributed by atoms with van der Waals surface area (Å²) in [5.74, 6) is -0.311. The van der Waals surface area contributed by atoms with Gasteiger partial charge in [-0.05, 0) is 36.8 Å². The van der Waals surface area contributed by atoms with Gasteiger partial charge in [-0.25, -0.2) is 4.39 Å². The smallest absolute Gasteiger partial charge is 0.224 e. The number of aromatic amines is 1. The Kier molecular flexibility index (Phi) is 8.43. The molecule has 0 atom stereocenters. The van der Waals surface area contributed by atoms with Crippen molar-refractivity contribution < 1.29 is 9.18 Å². The second-order valence-electron chi connectivity index (χ2n) is 4.74. The summed E-state index contributed by atoms with van der Waals surface area (Å²) in [6, 6.07) is 9.91. The SMILES string of the molecule is C.CCNC(=O)Cc1ccc(F)cc1.c1cc(-c2cs[nH]2)ccn1.